The third-order valence-corrected chi connectivity index (χ3v) is 3.75. The largest absolute Gasteiger partial charge is 0.484 e. The topological polar surface area (TPSA) is 48.2 Å². The van der Waals surface area contributed by atoms with Gasteiger partial charge in [0.05, 0.1) is 0 Å². The van der Waals surface area contributed by atoms with Crippen LogP contribution in [0.5, 0.6) is 5.75 Å². The molecule has 22 heavy (non-hydrogen) atoms. The fourth-order valence-electron chi connectivity index (χ4n) is 2.25. The second kappa shape index (κ2) is 6.02. The number of benzene rings is 2. The summed E-state index contributed by atoms with van der Waals surface area (Å²) in [5, 5.41) is 8.16. The van der Waals surface area contributed by atoms with E-state index in [4.69, 9.17) is 9.15 Å². The van der Waals surface area contributed by atoms with E-state index in [9.17, 15) is 0 Å². The Morgan fingerprint density at radius 3 is 2.50 bits per heavy atom. The van der Waals surface area contributed by atoms with Gasteiger partial charge in [0.25, 0.3) is 5.89 Å². The summed E-state index contributed by atoms with van der Waals surface area (Å²) in [6.07, 6.45) is 0. The van der Waals surface area contributed by atoms with E-state index >= 15 is 0 Å². The van der Waals surface area contributed by atoms with Gasteiger partial charge in [-0.05, 0) is 49.6 Å². The number of hydrogen-bond acceptors (Lipinski definition) is 4. The van der Waals surface area contributed by atoms with Gasteiger partial charge in [0.2, 0.25) is 5.89 Å². The third-order valence-electron chi connectivity index (χ3n) is 3.75. The van der Waals surface area contributed by atoms with Crippen LogP contribution in [-0.2, 0) is 6.61 Å². The smallest absolute Gasteiger partial charge is 0.254 e. The molecule has 0 aliphatic heterocycles. The number of aromatic nitrogens is 2. The molecule has 2 aromatic carbocycles. The van der Waals surface area contributed by atoms with Crippen LogP contribution in [0, 0.1) is 20.8 Å². The number of rotatable bonds is 4. The van der Waals surface area contributed by atoms with Crippen LogP contribution in [0.2, 0.25) is 0 Å². The molecule has 0 bridgehead atoms. The first kappa shape index (κ1) is 14.3. The normalized spacial score (nSPS) is 10.7. The quantitative estimate of drug-likeness (QED) is 0.722. The number of aryl methyl sites for hydroxylation is 2. The minimum Gasteiger partial charge on any atom is -0.484 e. The zero-order valence-electron chi connectivity index (χ0n) is 13.0. The Balaban J connectivity index is 1.75. The Kier molecular flexibility index (Phi) is 3.92. The zero-order valence-corrected chi connectivity index (χ0v) is 13.0. The molecule has 0 N–H and O–H groups in total. The van der Waals surface area contributed by atoms with Gasteiger partial charge in [-0.15, -0.1) is 10.2 Å². The highest BCUT2D eigenvalue weighted by Crippen LogP contribution is 2.24. The van der Waals surface area contributed by atoms with Crippen LogP contribution in [0.15, 0.2) is 46.9 Å². The van der Waals surface area contributed by atoms with Crippen molar-refractivity contribution in [2.45, 2.75) is 27.4 Å². The van der Waals surface area contributed by atoms with Crippen LogP contribution < -0.4 is 4.74 Å². The van der Waals surface area contributed by atoms with E-state index in [1.54, 1.807) is 0 Å². The fraction of sp³-hybridized carbons (Fsp3) is 0.222. The summed E-state index contributed by atoms with van der Waals surface area (Å²) in [4.78, 5) is 0. The molecular formula is C18H18N2O2. The van der Waals surface area contributed by atoms with Crippen LogP contribution in [0.4, 0.5) is 0 Å². The van der Waals surface area contributed by atoms with E-state index in [0.29, 0.717) is 11.8 Å². The number of ether oxygens (including phenoxy) is 1. The van der Waals surface area contributed by atoms with Gasteiger partial charge in [0.15, 0.2) is 6.61 Å². The number of nitrogens with zero attached hydrogens (tertiary/aromatic N) is 2. The van der Waals surface area contributed by atoms with Crippen molar-refractivity contribution in [1.82, 2.24) is 10.2 Å². The summed E-state index contributed by atoms with van der Waals surface area (Å²) >= 11 is 0. The predicted octanol–water partition coefficient (Wildman–Crippen LogP) is 4.24. The Labute approximate surface area is 129 Å². The van der Waals surface area contributed by atoms with Gasteiger partial charge in [0.1, 0.15) is 5.75 Å². The first-order chi connectivity index (χ1) is 10.6. The molecule has 3 aromatic rings. The Morgan fingerprint density at radius 2 is 1.68 bits per heavy atom. The second-order valence-electron chi connectivity index (χ2n) is 5.30. The minimum absolute atomic E-state index is 0.267. The maximum absolute atomic E-state index is 5.79. The molecule has 0 radical (unpaired) electrons. The van der Waals surface area contributed by atoms with Gasteiger partial charge in [-0.25, -0.2) is 0 Å². The first-order valence-electron chi connectivity index (χ1n) is 7.22. The minimum atomic E-state index is 0.267. The molecule has 0 unspecified atom stereocenters. The molecule has 0 atom stereocenters. The van der Waals surface area contributed by atoms with Crippen LogP contribution in [-0.4, -0.2) is 10.2 Å². The van der Waals surface area contributed by atoms with Crippen molar-refractivity contribution in [2.24, 2.45) is 0 Å². The molecule has 0 aliphatic carbocycles. The van der Waals surface area contributed by atoms with Crippen LogP contribution in [0.3, 0.4) is 0 Å². The summed E-state index contributed by atoms with van der Waals surface area (Å²) < 4.78 is 11.5. The molecular weight excluding hydrogens is 276 g/mol. The van der Waals surface area contributed by atoms with E-state index in [2.05, 4.69) is 23.2 Å². The summed E-state index contributed by atoms with van der Waals surface area (Å²) in [7, 11) is 0. The molecule has 0 fully saturated rings. The molecule has 4 nitrogen and oxygen atoms in total. The summed E-state index contributed by atoms with van der Waals surface area (Å²) in [6, 6.07) is 13.9. The van der Waals surface area contributed by atoms with Crippen LogP contribution in [0.25, 0.3) is 11.5 Å². The highest BCUT2D eigenvalue weighted by molar-refractivity contribution is 5.57. The average molecular weight is 294 g/mol. The van der Waals surface area contributed by atoms with E-state index in [-0.39, 0.29) is 6.61 Å². The Morgan fingerprint density at radius 1 is 0.909 bits per heavy atom. The summed E-state index contributed by atoms with van der Waals surface area (Å²) in [6.45, 7) is 6.39. The van der Waals surface area contributed by atoms with Gasteiger partial charge in [-0.1, -0.05) is 30.3 Å². The third kappa shape index (κ3) is 2.86. The predicted molar refractivity (Wildman–Crippen MR) is 84.7 cm³/mol. The lowest BCUT2D eigenvalue weighted by atomic mass is 10.1. The van der Waals surface area contributed by atoms with Gasteiger partial charge < -0.3 is 9.15 Å². The SMILES string of the molecule is Cc1ccccc1-c1nnc(COc2cccc(C)c2C)o1. The monoisotopic (exact) mass is 294 g/mol. The molecule has 112 valence electrons. The van der Waals surface area contributed by atoms with Crippen molar-refractivity contribution >= 4 is 0 Å². The van der Waals surface area contributed by atoms with Gasteiger partial charge >= 0.3 is 0 Å². The van der Waals surface area contributed by atoms with E-state index < -0.39 is 0 Å². The maximum atomic E-state index is 5.79. The summed E-state index contributed by atoms with van der Waals surface area (Å²) in [5.41, 5.74) is 4.38. The average Bonchev–Trinajstić information content (AvgIpc) is 2.98. The van der Waals surface area contributed by atoms with Gasteiger partial charge in [-0.2, -0.15) is 0 Å². The highest BCUT2D eigenvalue weighted by Gasteiger charge is 2.11. The molecule has 0 amide bonds. The Hall–Kier alpha value is -2.62. The fourth-order valence-corrected chi connectivity index (χ4v) is 2.25. The van der Waals surface area contributed by atoms with Crippen LogP contribution >= 0.6 is 0 Å². The first-order valence-corrected chi connectivity index (χ1v) is 7.22. The van der Waals surface area contributed by atoms with Crippen molar-refractivity contribution in [3.05, 3.63) is 65.0 Å². The lowest BCUT2D eigenvalue weighted by Crippen LogP contribution is -1.98. The lowest BCUT2D eigenvalue weighted by molar-refractivity contribution is 0.263. The van der Waals surface area contributed by atoms with Crippen molar-refractivity contribution in [3.63, 3.8) is 0 Å². The Bertz CT molecular complexity index is 793. The number of hydrogen-bond donors (Lipinski definition) is 0. The van der Waals surface area contributed by atoms with E-state index in [1.807, 2.05) is 50.2 Å². The van der Waals surface area contributed by atoms with Crippen molar-refractivity contribution in [2.75, 3.05) is 0 Å². The van der Waals surface area contributed by atoms with E-state index in [1.165, 1.54) is 5.56 Å². The molecule has 3 rings (SSSR count). The van der Waals surface area contributed by atoms with Crippen molar-refractivity contribution < 1.29 is 9.15 Å². The summed E-state index contributed by atoms with van der Waals surface area (Å²) in [5.74, 6) is 1.84. The standard InChI is InChI=1S/C18H18N2O2/c1-12-8-6-10-16(14(12)3)21-11-17-19-20-18(22-17)15-9-5-4-7-13(15)2/h4-10H,11H2,1-3H3. The molecule has 1 heterocycles. The molecule has 0 spiro atoms. The molecule has 0 saturated heterocycles. The zero-order chi connectivity index (χ0) is 15.5. The molecule has 1 aromatic heterocycles. The second-order valence-corrected chi connectivity index (χ2v) is 5.30. The molecule has 0 saturated carbocycles. The molecule has 4 heteroatoms. The maximum Gasteiger partial charge on any atom is 0.254 e. The van der Waals surface area contributed by atoms with E-state index in [0.717, 1.165) is 22.4 Å². The van der Waals surface area contributed by atoms with Crippen molar-refractivity contribution in [3.8, 4) is 17.2 Å². The lowest BCUT2D eigenvalue weighted by Gasteiger charge is -2.08. The highest BCUT2D eigenvalue weighted by atomic mass is 16.5. The van der Waals surface area contributed by atoms with Crippen molar-refractivity contribution in [1.29, 1.82) is 0 Å². The van der Waals surface area contributed by atoms with Crippen LogP contribution in [0.1, 0.15) is 22.6 Å². The molecule has 0 aliphatic rings. The van der Waals surface area contributed by atoms with Gasteiger partial charge in [-0.3, -0.25) is 0 Å². The van der Waals surface area contributed by atoms with Gasteiger partial charge in [0, 0.05) is 5.56 Å².